The molecule has 0 aliphatic carbocycles. The molecule has 0 aliphatic heterocycles. The van der Waals surface area contributed by atoms with Gasteiger partial charge in [-0.2, -0.15) is 0 Å². The molecule has 0 aromatic heterocycles. The lowest BCUT2D eigenvalue weighted by Crippen LogP contribution is -2.24. The third-order valence-electron chi connectivity index (χ3n) is 3.12. The summed E-state index contributed by atoms with van der Waals surface area (Å²) >= 11 is 3.02. The van der Waals surface area contributed by atoms with E-state index in [1.807, 2.05) is 30.3 Å². The highest BCUT2D eigenvalue weighted by Gasteiger charge is 2.07. The Kier molecular flexibility index (Phi) is 6.93. The number of nitrogens with one attached hydrogen (secondary N) is 1. The summed E-state index contributed by atoms with van der Waals surface area (Å²) < 4.78 is 32.6. The van der Waals surface area contributed by atoms with Crippen LogP contribution in [0.4, 0.5) is 13.6 Å². The molecule has 2 aromatic carbocycles. The van der Waals surface area contributed by atoms with Gasteiger partial charge >= 0.3 is 6.09 Å². The van der Waals surface area contributed by atoms with E-state index in [0.29, 0.717) is 17.4 Å². The molecule has 0 aliphatic rings. The van der Waals surface area contributed by atoms with Crippen molar-refractivity contribution in [3.05, 3.63) is 75.8 Å². The first-order chi connectivity index (χ1) is 11.6. The van der Waals surface area contributed by atoms with Gasteiger partial charge in [0.15, 0.2) is 0 Å². The van der Waals surface area contributed by atoms with E-state index >= 15 is 0 Å². The summed E-state index contributed by atoms with van der Waals surface area (Å²) in [5.74, 6) is -1.29. The molecule has 0 saturated carbocycles. The Morgan fingerprint density at radius 1 is 1.17 bits per heavy atom. The van der Waals surface area contributed by atoms with Crippen LogP contribution in [-0.4, -0.2) is 12.6 Å². The number of carbonyl (C=O) groups is 1. The van der Waals surface area contributed by atoms with Crippen LogP contribution in [0.3, 0.4) is 0 Å². The summed E-state index contributed by atoms with van der Waals surface area (Å²) in [6.07, 6.45) is 2.84. The molecule has 1 N–H and O–H groups in total. The number of hydrogen-bond acceptors (Lipinski definition) is 2. The minimum Gasteiger partial charge on any atom is -0.445 e. The SMILES string of the molecule is O=C(NCCC=Cc1c(F)cc(Br)cc1F)OCc1ccccc1. The highest BCUT2D eigenvalue weighted by Crippen LogP contribution is 2.20. The van der Waals surface area contributed by atoms with Crippen LogP contribution in [0.15, 0.2) is 53.0 Å². The minimum atomic E-state index is -0.645. The van der Waals surface area contributed by atoms with Crippen molar-refractivity contribution in [2.75, 3.05) is 6.54 Å². The monoisotopic (exact) mass is 395 g/mol. The largest absolute Gasteiger partial charge is 0.445 e. The summed E-state index contributed by atoms with van der Waals surface area (Å²) in [7, 11) is 0. The van der Waals surface area contributed by atoms with E-state index in [0.717, 1.165) is 5.56 Å². The molecule has 3 nitrogen and oxygen atoms in total. The van der Waals surface area contributed by atoms with Gasteiger partial charge in [0.05, 0.1) is 0 Å². The van der Waals surface area contributed by atoms with Crippen LogP contribution in [0.2, 0.25) is 0 Å². The summed E-state index contributed by atoms with van der Waals surface area (Å²) in [4.78, 5) is 11.5. The number of halogens is 3. The quantitative estimate of drug-likeness (QED) is 0.694. The van der Waals surface area contributed by atoms with E-state index in [1.165, 1.54) is 18.2 Å². The second-order valence-corrected chi connectivity index (χ2v) is 5.88. The van der Waals surface area contributed by atoms with E-state index in [4.69, 9.17) is 4.74 Å². The standard InChI is InChI=1S/C18H16BrF2NO2/c19-14-10-16(20)15(17(21)11-14)8-4-5-9-22-18(23)24-12-13-6-2-1-3-7-13/h1-4,6-8,10-11H,5,9,12H2,(H,22,23). The zero-order valence-electron chi connectivity index (χ0n) is 12.8. The van der Waals surface area contributed by atoms with Crippen LogP contribution >= 0.6 is 15.9 Å². The lowest BCUT2D eigenvalue weighted by molar-refractivity contribution is 0.140. The lowest BCUT2D eigenvalue weighted by atomic mass is 10.1. The van der Waals surface area contributed by atoms with E-state index in [-0.39, 0.29) is 12.2 Å². The fourth-order valence-electron chi connectivity index (χ4n) is 1.95. The maximum atomic E-state index is 13.6. The second kappa shape index (κ2) is 9.17. The normalized spacial score (nSPS) is 10.8. The van der Waals surface area contributed by atoms with Crippen molar-refractivity contribution in [3.63, 3.8) is 0 Å². The van der Waals surface area contributed by atoms with Gasteiger partial charge in [-0.3, -0.25) is 0 Å². The molecule has 0 saturated heterocycles. The average Bonchev–Trinajstić information content (AvgIpc) is 2.55. The number of hydrogen-bond donors (Lipinski definition) is 1. The molecule has 0 bridgehead atoms. The van der Waals surface area contributed by atoms with Gasteiger partial charge in [0, 0.05) is 16.6 Å². The van der Waals surface area contributed by atoms with Gasteiger partial charge in [-0.15, -0.1) is 0 Å². The van der Waals surface area contributed by atoms with Gasteiger partial charge in [0.1, 0.15) is 18.2 Å². The van der Waals surface area contributed by atoms with Crippen molar-refractivity contribution in [1.82, 2.24) is 5.32 Å². The molecule has 2 aromatic rings. The van der Waals surface area contributed by atoms with Crippen molar-refractivity contribution in [2.45, 2.75) is 13.0 Å². The van der Waals surface area contributed by atoms with E-state index in [9.17, 15) is 13.6 Å². The number of rotatable bonds is 6. The minimum absolute atomic E-state index is 0.107. The summed E-state index contributed by atoms with van der Waals surface area (Å²) in [6, 6.07) is 11.7. The summed E-state index contributed by atoms with van der Waals surface area (Å²) in [5.41, 5.74) is 0.790. The fourth-order valence-corrected chi connectivity index (χ4v) is 2.35. The van der Waals surface area contributed by atoms with Crippen molar-refractivity contribution < 1.29 is 18.3 Å². The number of benzene rings is 2. The number of carbonyl (C=O) groups excluding carboxylic acids is 1. The Morgan fingerprint density at radius 2 is 1.83 bits per heavy atom. The second-order valence-electron chi connectivity index (χ2n) is 4.96. The maximum absolute atomic E-state index is 13.6. The summed E-state index contributed by atoms with van der Waals surface area (Å²) in [5, 5.41) is 2.57. The van der Waals surface area contributed by atoms with E-state index in [1.54, 1.807) is 6.08 Å². The van der Waals surface area contributed by atoms with Gasteiger partial charge < -0.3 is 10.1 Å². The van der Waals surface area contributed by atoms with Crippen LogP contribution in [0.1, 0.15) is 17.5 Å². The van der Waals surface area contributed by atoms with Gasteiger partial charge in [-0.25, -0.2) is 13.6 Å². The molecular formula is C18H16BrF2NO2. The lowest BCUT2D eigenvalue weighted by Gasteiger charge is -2.06. The van der Waals surface area contributed by atoms with Gasteiger partial charge in [0.2, 0.25) is 0 Å². The van der Waals surface area contributed by atoms with Gasteiger partial charge in [-0.1, -0.05) is 58.4 Å². The number of amides is 1. The zero-order valence-corrected chi connectivity index (χ0v) is 14.4. The van der Waals surface area contributed by atoms with Crippen LogP contribution < -0.4 is 5.32 Å². The van der Waals surface area contributed by atoms with E-state index < -0.39 is 17.7 Å². The molecule has 0 unspecified atom stereocenters. The predicted octanol–water partition coefficient (Wildman–Crippen LogP) is 5.06. The Hall–Kier alpha value is -2.21. The Morgan fingerprint density at radius 3 is 2.50 bits per heavy atom. The third kappa shape index (κ3) is 5.77. The molecular weight excluding hydrogens is 380 g/mol. The number of ether oxygens (including phenoxy) is 1. The van der Waals surface area contributed by atoms with Gasteiger partial charge in [-0.05, 0) is 24.1 Å². The van der Waals surface area contributed by atoms with Gasteiger partial charge in [0.25, 0.3) is 0 Å². The molecule has 1 amide bonds. The molecule has 0 spiro atoms. The molecule has 2 rings (SSSR count). The Balaban J connectivity index is 1.72. The zero-order chi connectivity index (χ0) is 17.4. The molecule has 0 heterocycles. The van der Waals surface area contributed by atoms with Crippen LogP contribution in [-0.2, 0) is 11.3 Å². The van der Waals surface area contributed by atoms with Crippen LogP contribution in [0, 0.1) is 11.6 Å². The maximum Gasteiger partial charge on any atom is 0.407 e. The highest BCUT2D eigenvalue weighted by molar-refractivity contribution is 9.10. The smallest absolute Gasteiger partial charge is 0.407 e. The van der Waals surface area contributed by atoms with Crippen molar-refractivity contribution in [3.8, 4) is 0 Å². The fraction of sp³-hybridized carbons (Fsp3) is 0.167. The topological polar surface area (TPSA) is 38.3 Å². The molecule has 6 heteroatoms. The first-order valence-corrected chi connectivity index (χ1v) is 8.11. The Bertz CT molecular complexity index is 697. The molecule has 0 fully saturated rings. The first-order valence-electron chi connectivity index (χ1n) is 7.32. The molecule has 126 valence electrons. The third-order valence-corrected chi connectivity index (χ3v) is 3.58. The highest BCUT2D eigenvalue weighted by atomic mass is 79.9. The molecule has 24 heavy (non-hydrogen) atoms. The summed E-state index contributed by atoms with van der Waals surface area (Å²) in [6.45, 7) is 0.502. The molecule has 0 atom stereocenters. The van der Waals surface area contributed by atoms with Crippen LogP contribution in [0.25, 0.3) is 6.08 Å². The first kappa shape index (κ1) is 18.1. The van der Waals surface area contributed by atoms with Crippen LogP contribution in [0.5, 0.6) is 0 Å². The molecule has 0 radical (unpaired) electrons. The van der Waals surface area contributed by atoms with E-state index in [2.05, 4.69) is 21.2 Å². The average molecular weight is 396 g/mol. The Labute approximate surface area is 147 Å². The predicted molar refractivity (Wildman–Crippen MR) is 92.3 cm³/mol. The van der Waals surface area contributed by atoms with Crippen molar-refractivity contribution in [1.29, 1.82) is 0 Å². The number of alkyl carbamates (subject to hydrolysis) is 1. The van der Waals surface area contributed by atoms with Crippen molar-refractivity contribution >= 4 is 28.1 Å². The van der Waals surface area contributed by atoms with Crippen molar-refractivity contribution in [2.24, 2.45) is 0 Å².